The number of halogens is 2. The lowest BCUT2D eigenvalue weighted by Crippen LogP contribution is -2.33. The molecule has 3 aromatic rings. The third-order valence-electron chi connectivity index (χ3n) is 5.75. The molecule has 0 bridgehead atoms. The molecule has 0 unspecified atom stereocenters. The first-order chi connectivity index (χ1) is 12.9. The highest BCUT2D eigenvalue weighted by molar-refractivity contribution is 6.30. The van der Waals surface area contributed by atoms with Gasteiger partial charge >= 0.3 is 0 Å². The van der Waals surface area contributed by atoms with Gasteiger partial charge < -0.3 is 9.67 Å². The Morgan fingerprint density at radius 3 is 2.63 bits per heavy atom. The molecule has 1 atom stereocenters. The Morgan fingerprint density at radius 2 is 2.00 bits per heavy atom. The lowest BCUT2D eigenvalue weighted by molar-refractivity contribution is 0.0494. The summed E-state index contributed by atoms with van der Waals surface area (Å²) in [6, 6.07) is 6.41. The number of aliphatic hydroxyl groups is 1. The van der Waals surface area contributed by atoms with Gasteiger partial charge in [0.2, 0.25) is 0 Å². The van der Waals surface area contributed by atoms with Crippen LogP contribution in [0, 0.1) is 11.7 Å². The quantitative estimate of drug-likeness (QED) is 0.745. The van der Waals surface area contributed by atoms with E-state index in [9.17, 15) is 14.3 Å². The maximum atomic E-state index is 13.7. The molecule has 27 heavy (non-hydrogen) atoms. The molecular weight excluding hydrogens is 369 g/mol. The molecule has 0 spiro atoms. The summed E-state index contributed by atoms with van der Waals surface area (Å²) in [7, 11) is 1.73. The van der Waals surface area contributed by atoms with Crippen LogP contribution < -0.4 is 5.56 Å². The van der Waals surface area contributed by atoms with E-state index in [1.54, 1.807) is 28.6 Å². The molecule has 7 heteroatoms. The summed E-state index contributed by atoms with van der Waals surface area (Å²) in [5, 5.41) is 16.8. The van der Waals surface area contributed by atoms with Gasteiger partial charge in [-0.15, -0.1) is 0 Å². The smallest absolute Gasteiger partial charge is 0.279 e. The van der Waals surface area contributed by atoms with Gasteiger partial charge in [-0.05, 0) is 55.4 Å². The van der Waals surface area contributed by atoms with Crippen molar-refractivity contribution in [3.8, 4) is 0 Å². The van der Waals surface area contributed by atoms with Crippen LogP contribution in [0.5, 0.6) is 0 Å². The predicted octanol–water partition coefficient (Wildman–Crippen LogP) is 3.51. The van der Waals surface area contributed by atoms with Crippen molar-refractivity contribution < 1.29 is 9.50 Å². The number of nitrogens with zero attached hydrogens (tertiary/aromatic N) is 3. The second kappa shape index (κ2) is 5.66. The molecule has 5 nitrogen and oxygen atoms in total. The molecule has 5 rings (SSSR count). The van der Waals surface area contributed by atoms with E-state index in [1.807, 2.05) is 6.07 Å². The number of aromatic nitrogens is 3. The lowest BCUT2D eigenvalue weighted by atomic mass is 9.84. The lowest BCUT2D eigenvalue weighted by Gasteiger charge is -2.30. The molecule has 2 fully saturated rings. The van der Waals surface area contributed by atoms with E-state index in [1.165, 1.54) is 12.1 Å². The highest BCUT2D eigenvalue weighted by atomic mass is 35.5. The van der Waals surface area contributed by atoms with E-state index >= 15 is 0 Å². The molecule has 0 amide bonds. The maximum Gasteiger partial charge on any atom is 0.279 e. The summed E-state index contributed by atoms with van der Waals surface area (Å²) in [4.78, 5) is 12.9. The zero-order valence-electron chi connectivity index (χ0n) is 14.8. The number of rotatable bonds is 4. The normalized spacial score (nSPS) is 19.4. The highest BCUT2D eigenvalue weighted by Gasteiger charge is 2.49. The predicted molar refractivity (Wildman–Crippen MR) is 100 cm³/mol. The minimum Gasteiger partial charge on any atom is -0.378 e. The molecule has 0 aliphatic heterocycles. The summed E-state index contributed by atoms with van der Waals surface area (Å²) in [5.74, 6) is -0.552. The van der Waals surface area contributed by atoms with Gasteiger partial charge in [0.1, 0.15) is 11.4 Å². The minimum absolute atomic E-state index is 0.0245. The van der Waals surface area contributed by atoms with Gasteiger partial charge in [-0.2, -0.15) is 5.10 Å². The minimum atomic E-state index is -1.38. The number of hydrogen-bond acceptors (Lipinski definition) is 3. The Morgan fingerprint density at radius 1 is 1.26 bits per heavy atom. The molecule has 2 aromatic heterocycles. The number of aryl methyl sites for hydroxylation is 1. The number of fused-ring (bicyclic) bond motifs is 1. The van der Waals surface area contributed by atoms with Crippen LogP contribution >= 0.6 is 11.6 Å². The van der Waals surface area contributed by atoms with E-state index in [0.717, 1.165) is 25.7 Å². The average Bonchev–Trinajstić information content (AvgIpc) is 3.53. The summed E-state index contributed by atoms with van der Waals surface area (Å²) >= 11 is 5.99. The van der Waals surface area contributed by atoms with Crippen LogP contribution in [0.25, 0.3) is 10.9 Å². The SMILES string of the molecule is Cn1nc2c(=O)n(C3CC3)ccc2c1[C@@](O)(c1ccc(F)c(Cl)c1)C1CC1. The molecular formula is C20H19ClFN3O2. The second-order valence-corrected chi connectivity index (χ2v) is 8.07. The van der Waals surface area contributed by atoms with E-state index in [-0.39, 0.29) is 22.5 Å². The average molecular weight is 388 g/mol. The topological polar surface area (TPSA) is 60.0 Å². The van der Waals surface area contributed by atoms with E-state index in [2.05, 4.69) is 5.10 Å². The molecule has 1 N–H and O–H groups in total. The van der Waals surface area contributed by atoms with Gasteiger partial charge in [0.05, 0.1) is 10.7 Å². The first-order valence-corrected chi connectivity index (χ1v) is 9.55. The van der Waals surface area contributed by atoms with E-state index in [4.69, 9.17) is 11.6 Å². The van der Waals surface area contributed by atoms with Crippen LogP contribution in [0.4, 0.5) is 4.39 Å². The first-order valence-electron chi connectivity index (χ1n) is 9.17. The van der Waals surface area contributed by atoms with Gasteiger partial charge in [0.25, 0.3) is 5.56 Å². The second-order valence-electron chi connectivity index (χ2n) is 7.66. The van der Waals surface area contributed by atoms with Gasteiger partial charge in [0.15, 0.2) is 5.52 Å². The van der Waals surface area contributed by atoms with Crippen LogP contribution in [0.3, 0.4) is 0 Å². The standard InChI is InChI=1S/C20H19ClFN3O2/c1-24-18(14-8-9-25(13-5-6-13)19(26)17(14)23-24)20(27,11-2-3-11)12-4-7-16(22)15(21)10-12/h4,7-11,13,27H,2-3,5-6H2,1H3/t20-/m0/s1. The van der Waals surface area contributed by atoms with Crippen molar-refractivity contribution in [2.45, 2.75) is 37.3 Å². The molecule has 1 aromatic carbocycles. The van der Waals surface area contributed by atoms with Gasteiger partial charge in [-0.3, -0.25) is 9.48 Å². The Balaban J connectivity index is 1.76. The molecule has 2 heterocycles. The van der Waals surface area contributed by atoms with Crippen molar-refractivity contribution in [1.29, 1.82) is 0 Å². The van der Waals surface area contributed by atoms with Crippen molar-refractivity contribution >= 4 is 22.5 Å². The summed E-state index contributed by atoms with van der Waals surface area (Å²) in [6.07, 6.45) is 5.49. The number of pyridine rings is 1. The Bertz CT molecular complexity index is 1130. The van der Waals surface area contributed by atoms with Crippen LogP contribution in [-0.2, 0) is 12.6 Å². The van der Waals surface area contributed by atoms with Crippen molar-refractivity contribution in [3.63, 3.8) is 0 Å². The van der Waals surface area contributed by atoms with Gasteiger partial charge in [0, 0.05) is 24.7 Å². The molecule has 2 aliphatic carbocycles. The zero-order chi connectivity index (χ0) is 18.9. The molecule has 140 valence electrons. The monoisotopic (exact) mass is 387 g/mol. The third kappa shape index (κ3) is 2.47. The third-order valence-corrected chi connectivity index (χ3v) is 6.04. The fourth-order valence-electron chi connectivity index (χ4n) is 4.09. The van der Waals surface area contributed by atoms with Gasteiger partial charge in [-0.25, -0.2) is 4.39 Å². The van der Waals surface area contributed by atoms with Gasteiger partial charge in [-0.1, -0.05) is 17.7 Å². The Hall–Kier alpha value is -2.18. The van der Waals surface area contributed by atoms with Crippen molar-refractivity contribution in [2.24, 2.45) is 13.0 Å². The number of hydrogen-bond donors (Lipinski definition) is 1. The van der Waals surface area contributed by atoms with Crippen LogP contribution in [0.15, 0.2) is 35.3 Å². The Labute approximate surface area is 160 Å². The fraction of sp³-hybridized carbons (Fsp3) is 0.400. The van der Waals surface area contributed by atoms with Crippen LogP contribution in [0.1, 0.15) is 43.0 Å². The highest BCUT2D eigenvalue weighted by Crippen LogP contribution is 2.51. The largest absolute Gasteiger partial charge is 0.378 e. The molecule has 0 saturated heterocycles. The molecule has 0 radical (unpaired) electrons. The number of benzene rings is 1. The van der Waals surface area contributed by atoms with Crippen molar-refractivity contribution in [2.75, 3.05) is 0 Å². The Kier molecular flexibility index (Phi) is 3.55. The zero-order valence-corrected chi connectivity index (χ0v) is 15.6. The van der Waals surface area contributed by atoms with Crippen molar-refractivity contribution in [3.05, 3.63) is 62.9 Å². The molecule has 2 aliphatic rings. The molecule has 2 saturated carbocycles. The van der Waals surface area contributed by atoms with Crippen LogP contribution in [-0.4, -0.2) is 19.5 Å². The fourth-order valence-corrected chi connectivity index (χ4v) is 4.27. The van der Waals surface area contributed by atoms with Crippen LogP contribution in [0.2, 0.25) is 5.02 Å². The first kappa shape index (κ1) is 17.0. The summed E-state index contributed by atoms with van der Waals surface area (Å²) in [5.41, 5.74) is -0.0734. The van der Waals surface area contributed by atoms with E-state index in [0.29, 0.717) is 22.2 Å². The van der Waals surface area contributed by atoms with Crippen molar-refractivity contribution in [1.82, 2.24) is 14.3 Å². The van der Waals surface area contributed by atoms with E-state index < -0.39 is 11.4 Å². The summed E-state index contributed by atoms with van der Waals surface area (Å²) < 4.78 is 17.0. The summed E-state index contributed by atoms with van der Waals surface area (Å²) in [6.45, 7) is 0. The maximum absolute atomic E-state index is 13.7.